The van der Waals surface area contributed by atoms with Crippen molar-refractivity contribution in [1.82, 2.24) is 0 Å². The van der Waals surface area contributed by atoms with Gasteiger partial charge in [0, 0.05) is 0 Å². The molecule has 0 spiro atoms. The fraction of sp³-hybridized carbons (Fsp3) is 0.500. The van der Waals surface area contributed by atoms with Crippen molar-refractivity contribution in [2.75, 3.05) is 0 Å². The van der Waals surface area contributed by atoms with Crippen molar-refractivity contribution in [3.05, 3.63) is 34.9 Å². The van der Waals surface area contributed by atoms with Crippen molar-refractivity contribution in [2.24, 2.45) is 5.92 Å². The van der Waals surface area contributed by atoms with Crippen LogP contribution in [0, 0.1) is 24.2 Å². The number of nitriles is 1. The average Bonchev–Trinajstić information content (AvgIpc) is 2.59. The second-order valence-electron chi connectivity index (χ2n) is 4.67. The Bertz CT molecular complexity index is 447. The molecule has 0 amide bonds. The fourth-order valence-corrected chi connectivity index (χ4v) is 2.67. The summed E-state index contributed by atoms with van der Waals surface area (Å²) < 4.78 is 0. The van der Waals surface area contributed by atoms with Crippen LogP contribution in [0.2, 0.25) is 0 Å². The first-order valence-corrected chi connectivity index (χ1v) is 5.84. The zero-order chi connectivity index (χ0) is 11.8. The lowest BCUT2D eigenvalue weighted by atomic mass is 9.81. The van der Waals surface area contributed by atoms with E-state index in [0.717, 1.165) is 17.5 Å². The first-order valence-electron chi connectivity index (χ1n) is 5.84. The Morgan fingerprint density at radius 2 is 2.31 bits per heavy atom. The third-order valence-corrected chi connectivity index (χ3v) is 3.65. The molecule has 1 N–H and O–H groups in total. The van der Waals surface area contributed by atoms with E-state index < -0.39 is 5.60 Å². The van der Waals surface area contributed by atoms with Crippen LogP contribution in [0.3, 0.4) is 0 Å². The Morgan fingerprint density at radius 1 is 1.56 bits per heavy atom. The molecule has 0 fully saturated rings. The highest BCUT2D eigenvalue weighted by Gasteiger charge is 2.42. The molecular formula is C14H17NO. The first-order chi connectivity index (χ1) is 7.61. The van der Waals surface area contributed by atoms with Crippen LogP contribution in [0.15, 0.2) is 18.2 Å². The second-order valence-corrected chi connectivity index (χ2v) is 4.67. The molecule has 1 aromatic rings. The molecule has 2 heteroatoms. The van der Waals surface area contributed by atoms with Crippen LogP contribution >= 0.6 is 0 Å². The van der Waals surface area contributed by atoms with Gasteiger partial charge in [-0.1, -0.05) is 30.7 Å². The van der Waals surface area contributed by atoms with Gasteiger partial charge in [0.2, 0.25) is 0 Å². The van der Waals surface area contributed by atoms with E-state index in [9.17, 15) is 5.11 Å². The molecule has 2 nitrogen and oxygen atoms in total. The fourth-order valence-electron chi connectivity index (χ4n) is 2.67. The molecule has 0 radical (unpaired) electrons. The number of nitrogens with zero attached hydrogens (tertiary/aromatic N) is 1. The molecule has 2 rings (SSSR count). The smallest absolute Gasteiger partial charge is 0.106 e. The Morgan fingerprint density at radius 3 is 2.94 bits per heavy atom. The van der Waals surface area contributed by atoms with Crippen molar-refractivity contribution in [2.45, 2.75) is 38.7 Å². The number of fused-ring (bicyclic) bond motifs is 1. The zero-order valence-electron chi connectivity index (χ0n) is 9.83. The van der Waals surface area contributed by atoms with Crippen LogP contribution < -0.4 is 0 Å². The Balaban J connectivity index is 2.49. The van der Waals surface area contributed by atoms with Gasteiger partial charge in [0.1, 0.15) is 5.60 Å². The number of rotatable bonds is 2. The van der Waals surface area contributed by atoms with Crippen molar-refractivity contribution in [1.29, 1.82) is 5.26 Å². The molecular weight excluding hydrogens is 198 g/mol. The van der Waals surface area contributed by atoms with E-state index in [1.165, 1.54) is 5.56 Å². The molecule has 84 valence electrons. The van der Waals surface area contributed by atoms with Gasteiger partial charge in [-0.05, 0) is 37.3 Å². The lowest BCUT2D eigenvalue weighted by Gasteiger charge is -2.28. The number of hydrogen-bond donors (Lipinski definition) is 1. The normalized spacial score (nSPS) is 24.9. The van der Waals surface area contributed by atoms with Crippen LogP contribution in [0.25, 0.3) is 0 Å². The van der Waals surface area contributed by atoms with E-state index in [-0.39, 0.29) is 5.92 Å². The molecule has 2 unspecified atom stereocenters. The topological polar surface area (TPSA) is 44.0 Å². The molecule has 0 aliphatic heterocycles. The van der Waals surface area contributed by atoms with E-state index in [1.54, 1.807) is 0 Å². The van der Waals surface area contributed by atoms with Crippen LogP contribution in [0.4, 0.5) is 0 Å². The van der Waals surface area contributed by atoms with Gasteiger partial charge in [-0.2, -0.15) is 5.26 Å². The average molecular weight is 215 g/mol. The zero-order valence-corrected chi connectivity index (χ0v) is 9.83. The van der Waals surface area contributed by atoms with Crippen molar-refractivity contribution < 1.29 is 5.11 Å². The summed E-state index contributed by atoms with van der Waals surface area (Å²) in [4.78, 5) is 0. The van der Waals surface area contributed by atoms with Gasteiger partial charge in [0.25, 0.3) is 0 Å². The lowest BCUT2D eigenvalue weighted by molar-refractivity contribution is -0.00230. The molecule has 0 bridgehead atoms. The largest absolute Gasteiger partial charge is 0.384 e. The Hall–Kier alpha value is -1.33. The van der Waals surface area contributed by atoms with Crippen LogP contribution in [-0.4, -0.2) is 5.11 Å². The molecule has 1 aliphatic carbocycles. The predicted octanol–water partition coefficient (Wildman–Crippen LogP) is 2.68. The quantitative estimate of drug-likeness (QED) is 0.824. The summed E-state index contributed by atoms with van der Waals surface area (Å²) in [5.41, 5.74) is 2.39. The summed E-state index contributed by atoms with van der Waals surface area (Å²) in [6.07, 6.45) is 2.25. The van der Waals surface area contributed by atoms with Crippen LogP contribution in [0.1, 0.15) is 36.5 Å². The third-order valence-electron chi connectivity index (χ3n) is 3.65. The van der Waals surface area contributed by atoms with Crippen molar-refractivity contribution in [3.63, 3.8) is 0 Å². The summed E-state index contributed by atoms with van der Waals surface area (Å²) in [6, 6.07) is 8.42. The Kier molecular flexibility index (Phi) is 2.73. The van der Waals surface area contributed by atoms with E-state index in [4.69, 9.17) is 5.26 Å². The highest BCUT2D eigenvalue weighted by molar-refractivity contribution is 5.41. The van der Waals surface area contributed by atoms with E-state index in [2.05, 4.69) is 18.2 Å². The summed E-state index contributed by atoms with van der Waals surface area (Å²) in [7, 11) is 0. The summed E-state index contributed by atoms with van der Waals surface area (Å²) in [5, 5.41) is 19.8. The number of aliphatic hydroxyl groups is 1. The third kappa shape index (κ3) is 1.52. The maximum Gasteiger partial charge on any atom is 0.106 e. The van der Waals surface area contributed by atoms with Gasteiger partial charge >= 0.3 is 0 Å². The molecule has 0 heterocycles. The monoisotopic (exact) mass is 215 g/mol. The minimum absolute atomic E-state index is 0.296. The molecule has 16 heavy (non-hydrogen) atoms. The van der Waals surface area contributed by atoms with Gasteiger partial charge in [0.05, 0.1) is 12.0 Å². The maximum absolute atomic E-state index is 10.7. The molecule has 1 aliphatic rings. The molecule has 2 atom stereocenters. The second kappa shape index (κ2) is 3.92. The molecule has 1 aromatic carbocycles. The summed E-state index contributed by atoms with van der Waals surface area (Å²) >= 11 is 0. The van der Waals surface area contributed by atoms with Gasteiger partial charge in [0.15, 0.2) is 0 Å². The van der Waals surface area contributed by atoms with E-state index in [0.29, 0.717) is 12.8 Å². The minimum atomic E-state index is -0.926. The van der Waals surface area contributed by atoms with Crippen molar-refractivity contribution >= 4 is 0 Å². The highest BCUT2D eigenvalue weighted by Crippen LogP contribution is 2.43. The van der Waals surface area contributed by atoms with E-state index in [1.807, 2.05) is 19.9 Å². The predicted molar refractivity (Wildman–Crippen MR) is 62.8 cm³/mol. The minimum Gasteiger partial charge on any atom is -0.384 e. The maximum atomic E-state index is 10.7. The van der Waals surface area contributed by atoms with Crippen molar-refractivity contribution in [3.8, 4) is 6.07 Å². The number of benzene rings is 1. The van der Waals surface area contributed by atoms with Gasteiger partial charge < -0.3 is 5.11 Å². The standard InChI is InChI=1S/C14H17NO/c1-3-12(9-15)14(16)7-6-11-5-4-10(2)8-13(11)14/h4-5,8,12,16H,3,6-7H2,1-2H3. The van der Waals surface area contributed by atoms with E-state index >= 15 is 0 Å². The highest BCUT2D eigenvalue weighted by atomic mass is 16.3. The Labute approximate surface area is 96.5 Å². The summed E-state index contributed by atoms with van der Waals surface area (Å²) in [5.74, 6) is -0.296. The van der Waals surface area contributed by atoms with Gasteiger partial charge in [-0.25, -0.2) is 0 Å². The summed E-state index contributed by atoms with van der Waals surface area (Å²) in [6.45, 7) is 3.98. The molecule has 0 aromatic heterocycles. The van der Waals surface area contributed by atoms with Gasteiger partial charge in [-0.15, -0.1) is 0 Å². The van der Waals surface area contributed by atoms with Crippen LogP contribution in [0.5, 0.6) is 0 Å². The molecule has 0 saturated carbocycles. The van der Waals surface area contributed by atoms with Crippen LogP contribution in [-0.2, 0) is 12.0 Å². The SMILES string of the molecule is CCC(C#N)C1(O)CCc2ccc(C)cc21. The number of hydrogen-bond acceptors (Lipinski definition) is 2. The number of aryl methyl sites for hydroxylation is 2. The lowest BCUT2D eigenvalue weighted by Crippen LogP contribution is -2.31. The molecule has 0 saturated heterocycles. The van der Waals surface area contributed by atoms with Gasteiger partial charge in [-0.3, -0.25) is 0 Å². The first kappa shape index (κ1) is 11.2.